The van der Waals surface area contributed by atoms with Crippen molar-refractivity contribution in [2.45, 2.75) is 18.9 Å². The van der Waals surface area contributed by atoms with Gasteiger partial charge < -0.3 is 5.32 Å². The molecule has 1 unspecified atom stereocenters. The van der Waals surface area contributed by atoms with Gasteiger partial charge in [-0.05, 0) is 43.6 Å². The monoisotopic (exact) mass is 245 g/mol. The van der Waals surface area contributed by atoms with E-state index in [0.29, 0.717) is 6.54 Å². The zero-order chi connectivity index (χ0) is 12.8. The van der Waals surface area contributed by atoms with Crippen LogP contribution in [0, 0.1) is 0 Å². The van der Waals surface area contributed by atoms with Crippen molar-refractivity contribution in [2.24, 2.45) is 0 Å². The van der Waals surface area contributed by atoms with E-state index >= 15 is 0 Å². The van der Waals surface area contributed by atoms with Crippen LogP contribution in [-0.4, -0.2) is 35.4 Å². The summed E-state index contributed by atoms with van der Waals surface area (Å²) >= 11 is 0. The normalized spacial score (nSPS) is 17.3. The first-order valence-corrected chi connectivity index (χ1v) is 6.35. The van der Waals surface area contributed by atoms with E-state index in [-0.39, 0.29) is 11.9 Å². The highest BCUT2D eigenvalue weighted by Crippen LogP contribution is 2.23. The van der Waals surface area contributed by atoms with Crippen LogP contribution in [0.2, 0.25) is 0 Å². The van der Waals surface area contributed by atoms with Gasteiger partial charge in [0.05, 0.1) is 6.04 Å². The molecule has 18 heavy (non-hydrogen) atoms. The van der Waals surface area contributed by atoms with E-state index in [1.165, 1.54) is 18.9 Å². The van der Waals surface area contributed by atoms with E-state index in [2.05, 4.69) is 27.8 Å². The van der Waals surface area contributed by atoms with Gasteiger partial charge in [-0.15, -0.1) is 0 Å². The number of amides is 1. The predicted octanol–water partition coefficient (Wildman–Crippen LogP) is 1.52. The van der Waals surface area contributed by atoms with E-state index in [9.17, 15) is 4.79 Å². The van der Waals surface area contributed by atoms with Crippen LogP contribution in [0.1, 0.15) is 24.4 Å². The maximum Gasteiger partial charge on any atom is 0.243 e. The van der Waals surface area contributed by atoms with E-state index in [4.69, 9.17) is 0 Å². The Balaban J connectivity index is 2.07. The SMILES string of the molecule is C=CC(=O)NCC(c1cccnc1)N1CCCC1. The summed E-state index contributed by atoms with van der Waals surface area (Å²) in [5.74, 6) is -0.122. The maximum atomic E-state index is 11.3. The molecule has 1 aromatic heterocycles. The molecule has 1 atom stereocenters. The molecule has 1 aromatic rings. The molecule has 1 aliphatic heterocycles. The average Bonchev–Trinajstić information content (AvgIpc) is 2.94. The Morgan fingerprint density at radius 3 is 2.94 bits per heavy atom. The van der Waals surface area contributed by atoms with Crippen molar-refractivity contribution in [1.82, 2.24) is 15.2 Å². The van der Waals surface area contributed by atoms with Gasteiger partial charge >= 0.3 is 0 Å². The van der Waals surface area contributed by atoms with Gasteiger partial charge in [-0.3, -0.25) is 14.7 Å². The zero-order valence-corrected chi connectivity index (χ0v) is 10.5. The zero-order valence-electron chi connectivity index (χ0n) is 10.5. The molecule has 1 N–H and O–H groups in total. The van der Waals surface area contributed by atoms with Crippen molar-refractivity contribution < 1.29 is 4.79 Å². The molecule has 1 aliphatic rings. The molecule has 4 nitrogen and oxygen atoms in total. The standard InChI is InChI=1S/C14H19N3O/c1-2-14(18)16-11-13(17-8-3-4-9-17)12-6-5-7-15-10-12/h2,5-7,10,13H,1,3-4,8-9,11H2,(H,16,18). The Morgan fingerprint density at radius 1 is 1.56 bits per heavy atom. The summed E-state index contributed by atoms with van der Waals surface area (Å²) in [6.45, 7) is 6.25. The third-order valence-corrected chi connectivity index (χ3v) is 3.31. The number of aromatic nitrogens is 1. The Labute approximate surface area is 108 Å². The molecule has 0 saturated carbocycles. The molecule has 2 rings (SSSR count). The Morgan fingerprint density at radius 2 is 2.33 bits per heavy atom. The highest BCUT2D eigenvalue weighted by molar-refractivity contribution is 5.86. The number of likely N-dealkylation sites (tertiary alicyclic amines) is 1. The number of carbonyl (C=O) groups is 1. The van der Waals surface area contributed by atoms with Crippen LogP contribution >= 0.6 is 0 Å². The smallest absolute Gasteiger partial charge is 0.243 e. The van der Waals surface area contributed by atoms with Crippen LogP contribution in [0.5, 0.6) is 0 Å². The molecule has 0 aromatic carbocycles. The molecule has 2 heterocycles. The number of hydrogen-bond donors (Lipinski definition) is 1. The summed E-state index contributed by atoms with van der Waals surface area (Å²) in [7, 11) is 0. The van der Waals surface area contributed by atoms with Crippen molar-refractivity contribution in [1.29, 1.82) is 0 Å². The fourth-order valence-electron chi connectivity index (χ4n) is 2.35. The van der Waals surface area contributed by atoms with Crippen LogP contribution in [0.15, 0.2) is 37.2 Å². The Bertz CT molecular complexity index is 399. The minimum absolute atomic E-state index is 0.122. The molecule has 0 radical (unpaired) electrons. The number of pyridine rings is 1. The molecule has 0 bridgehead atoms. The molecule has 1 fully saturated rings. The van der Waals surface area contributed by atoms with Crippen LogP contribution in [0.25, 0.3) is 0 Å². The van der Waals surface area contributed by atoms with Crippen molar-refractivity contribution in [3.05, 3.63) is 42.7 Å². The molecule has 4 heteroatoms. The van der Waals surface area contributed by atoms with Crippen LogP contribution in [0.4, 0.5) is 0 Å². The van der Waals surface area contributed by atoms with Gasteiger partial charge in [-0.1, -0.05) is 12.6 Å². The first-order chi connectivity index (χ1) is 8.81. The van der Waals surface area contributed by atoms with Gasteiger partial charge in [0.2, 0.25) is 5.91 Å². The van der Waals surface area contributed by atoms with Crippen LogP contribution in [-0.2, 0) is 4.79 Å². The third-order valence-electron chi connectivity index (χ3n) is 3.31. The number of carbonyl (C=O) groups excluding carboxylic acids is 1. The molecule has 1 amide bonds. The molecule has 0 aliphatic carbocycles. The minimum Gasteiger partial charge on any atom is -0.351 e. The fourth-order valence-corrected chi connectivity index (χ4v) is 2.35. The third kappa shape index (κ3) is 3.17. The van der Waals surface area contributed by atoms with Crippen molar-refractivity contribution in [2.75, 3.05) is 19.6 Å². The minimum atomic E-state index is -0.122. The highest BCUT2D eigenvalue weighted by atomic mass is 16.1. The molecule has 1 saturated heterocycles. The van der Waals surface area contributed by atoms with E-state index in [1.807, 2.05) is 12.3 Å². The van der Waals surface area contributed by atoms with Crippen LogP contribution < -0.4 is 5.32 Å². The molecular weight excluding hydrogens is 226 g/mol. The summed E-state index contributed by atoms with van der Waals surface area (Å²) in [5.41, 5.74) is 1.16. The number of rotatable bonds is 5. The number of nitrogens with one attached hydrogen (secondary N) is 1. The summed E-state index contributed by atoms with van der Waals surface area (Å²) in [4.78, 5) is 17.9. The second kappa shape index (κ2) is 6.31. The average molecular weight is 245 g/mol. The van der Waals surface area contributed by atoms with Gasteiger partial charge in [0.1, 0.15) is 0 Å². The Hall–Kier alpha value is -1.68. The first kappa shape index (κ1) is 12.8. The topological polar surface area (TPSA) is 45.2 Å². The molecular formula is C14H19N3O. The summed E-state index contributed by atoms with van der Waals surface area (Å²) in [6, 6.07) is 4.22. The van der Waals surface area contributed by atoms with Crippen molar-refractivity contribution in [3.63, 3.8) is 0 Å². The van der Waals surface area contributed by atoms with E-state index < -0.39 is 0 Å². The number of hydrogen-bond acceptors (Lipinski definition) is 3. The van der Waals surface area contributed by atoms with Gasteiger partial charge in [0, 0.05) is 18.9 Å². The highest BCUT2D eigenvalue weighted by Gasteiger charge is 2.23. The van der Waals surface area contributed by atoms with Gasteiger partial charge in [0.15, 0.2) is 0 Å². The summed E-state index contributed by atoms with van der Waals surface area (Å²) < 4.78 is 0. The van der Waals surface area contributed by atoms with Crippen LogP contribution in [0.3, 0.4) is 0 Å². The second-order valence-corrected chi connectivity index (χ2v) is 4.49. The van der Waals surface area contributed by atoms with E-state index in [1.54, 1.807) is 6.20 Å². The largest absolute Gasteiger partial charge is 0.351 e. The lowest BCUT2D eigenvalue weighted by molar-refractivity contribution is -0.116. The first-order valence-electron chi connectivity index (χ1n) is 6.35. The second-order valence-electron chi connectivity index (χ2n) is 4.49. The quantitative estimate of drug-likeness (QED) is 0.800. The van der Waals surface area contributed by atoms with Gasteiger partial charge in [-0.25, -0.2) is 0 Å². The lowest BCUT2D eigenvalue weighted by Crippen LogP contribution is -2.36. The van der Waals surface area contributed by atoms with Crippen molar-refractivity contribution in [3.8, 4) is 0 Å². The lowest BCUT2D eigenvalue weighted by atomic mass is 10.1. The van der Waals surface area contributed by atoms with Gasteiger partial charge in [-0.2, -0.15) is 0 Å². The lowest BCUT2D eigenvalue weighted by Gasteiger charge is -2.27. The predicted molar refractivity (Wildman–Crippen MR) is 71.0 cm³/mol. The molecule has 96 valence electrons. The fraction of sp³-hybridized carbons (Fsp3) is 0.429. The molecule has 0 spiro atoms. The Kier molecular flexibility index (Phi) is 4.47. The van der Waals surface area contributed by atoms with E-state index in [0.717, 1.165) is 18.7 Å². The van der Waals surface area contributed by atoms with Crippen molar-refractivity contribution >= 4 is 5.91 Å². The summed E-state index contributed by atoms with van der Waals surface area (Å²) in [6.07, 6.45) is 7.42. The van der Waals surface area contributed by atoms with Gasteiger partial charge in [0.25, 0.3) is 0 Å². The summed E-state index contributed by atoms with van der Waals surface area (Å²) in [5, 5.41) is 2.88. The number of nitrogens with zero attached hydrogens (tertiary/aromatic N) is 2. The maximum absolute atomic E-state index is 11.3.